The number of hydrogen-bond acceptors (Lipinski definition) is 3. The van der Waals surface area contributed by atoms with Crippen molar-refractivity contribution in [1.29, 1.82) is 0 Å². The number of ether oxygens (including phenoxy) is 1. The van der Waals surface area contributed by atoms with Crippen molar-refractivity contribution in [2.45, 2.75) is 32.2 Å². The van der Waals surface area contributed by atoms with Gasteiger partial charge < -0.3 is 19.9 Å². The van der Waals surface area contributed by atoms with Gasteiger partial charge in [0, 0.05) is 38.3 Å². The zero-order chi connectivity index (χ0) is 17.6. The molecule has 6 nitrogen and oxygen atoms in total. The molecule has 0 radical (unpaired) electrons. The maximum Gasteiger partial charge on any atom is 0.320 e. The Bertz CT molecular complexity index is 614. The van der Waals surface area contributed by atoms with Gasteiger partial charge in [-0.15, -0.1) is 0 Å². The summed E-state index contributed by atoms with van der Waals surface area (Å²) in [4.78, 5) is 28.9. The Labute approximate surface area is 149 Å². The van der Waals surface area contributed by atoms with Gasteiger partial charge in [0.05, 0.1) is 13.0 Å². The summed E-state index contributed by atoms with van der Waals surface area (Å²) in [6, 6.07) is 7.77. The van der Waals surface area contributed by atoms with Gasteiger partial charge in [-0.1, -0.05) is 18.2 Å². The average Bonchev–Trinajstić information content (AvgIpc) is 3.20. The number of methoxy groups -OCH3 is 1. The highest BCUT2D eigenvalue weighted by Gasteiger charge is 2.31. The fourth-order valence-corrected chi connectivity index (χ4v) is 3.65. The van der Waals surface area contributed by atoms with Crippen LogP contribution in [-0.2, 0) is 11.3 Å². The van der Waals surface area contributed by atoms with Crippen LogP contribution >= 0.6 is 0 Å². The Morgan fingerprint density at radius 3 is 2.60 bits per heavy atom. The van der Waals surface area contributed by atoms with Gasteiger partial charge in [-0.2, -0.15) is 0 Å². The smallest absolute Gasteiger partial charge is 0.320 e. The van der Waals surface area contributed by atoms with Gasteiger partial charge in [0.15, 0.2) is 0 Å². The zero-order valence-corrected chi connectivity index (χ0v) is 14.9. The van der Waals surface area contributed by atoms with Gasteiger partial charge in [0.25, 0.3) is 0 Å². The molecule has 1 N–H and O–H groups in total. The summed E-state index contributed by atoms with van der Waals surface area (Å²) >= 11 is 0. The van der Waals surface area contributed by atoms with E-state index in [9.17, 15) is 9.59 Å². The van der Waals surface area contributed by atoms with E-state index in [0.717, 1.165) is 56.6 Å². The van der Waals surface area contributed by atoms with E-state index in [1.807, 2.05) is 34.1 Å². The molecule has 0 aromatic heterocycles. The molecule has 2 aliphatic heterocycles. The van der Waals surface area contributed by atoms with Crippen molar-refractivity contribution in [3.05, 3.63) is 29.8 Å². The Balaban J connectivity index is 1.54. The van der Waals surface area contributed by atoms with Gasteiger partial charge in [0.2, 0.25) is 5.91 Å². The Kier molecular flexibility index (Phi) is 5.79. The molecule has 0 bridgehead atoms. The van der Waals surface area contributed by atoms with Crippen LogP contribution in [0.2, 0.25) is 0 Å². The van der Waals surface area contributed by atoms with E-state index in [0.29, 0.717) is 13.1 Å². The lowest BCUT2D eigenvalue weighted by Gasteiger charge is -2.34. The SMILES string of the molecule is COc1ccccc1CNC(=O)C1CCCN(C(=O)N2CCCC2)C1. The third-order valence-corrected chi connectivity index (χ3v) is 5.08. The minimum Gasteiger partial charge on any atom is -0.496 e. The fraction of sp³-hybridized carbons (Fsp3) is 0.579. The first-order valence-electron chi connectivity index (χ1n) is 9.12. The minimum absolute atomic E-state index is 0.0184. The Morgan fingerprint density at radius 2 is 1.84 bits per heavy atom. The average molecular weight is 345 g/mol. The number of rotatable bonds is 4. The number of amides is 3. The van der Waals surface area contributed by atoms with Crippen molar-refractivity contribution < 1.29 is 14.3 Å². The minimum atomic E-state index is -0.130. The lowest BCUT2D eigenvalue weighted by atomic mass is 9.97. The second kappa shape index (κ2) is 8.23. The quantitative estimate of drug-likeness (QED) is 0.910. The molecule has 0 aliphatic carbocycles. The number of nitrogens with zero attached hydrogens (tertiary/aromatic N) is 2. The number of benzene rings is 1. The van der Waals surface area contributed by atoms with Gasteiger partial charge in [0.1, 0.15) is 5.75 Å². The van der Waals surface area contributed by atoms with E-state index in [4.69, 9.17) is 4.74 Å². The first-order valence-corrected chi connectivity index (χ1v) is 9.12. The van der Waals surface area contributed by atoms with Crippen LogP contribution in [0, 0.1) is 5.92 Å². The lowest BCUT2D eigenvalue weighted by molar-refractivity contribution is -0.126. The van der Waals surface area contributed by atoms with Crippen molar-refractivity contribution in [3.63, 3.8) is 0 Å². The monoisotopic (exact) mass is 345 g/mol. The maximum atomic E-state index is 12.6. The molecule has 136 valence electrons. The van der Waals surface area contributed by atoms with Crippen molar-refractivity contribution in [2.75, 3.05) is 33.3 Å². The summed E-state index contributed by atoms with van der Waals surface area (Å²) in [5.41, 5.74) is 0.958. The standard InChI is InChI=1S/C19H27N3O3/c1-25-17-9-3-2-7-15(17)13-20-18(23)16-8-6-12-22(14-16)19(24)21-10-4-5-11-21/h2-3,7,9,16H,4-6,8,10-14H2,1H3,(H,20,23). The molecule has 2 fully saturated rings. The third-order valence-electron chi connectivity index (χ3n) is 5.08. The van der Waals surface area contributed by atoms with Crippen molar-refractivity contribution in [3.8, 4) is 5.75 Å². The highest BCUT2D eigenvalue weighted by molar-refractivity contribution is 5.81. The Morgan fingerprint density at radius 1 is 1.12 bits per heavy atom. The van der Waals surface area contributed by atoms with E-state index in [1.165, 1.54) is 0 Å². The molecule has 2 aliphatic rings. The normalized spacial score (nSPS) is 20.4. The molecule has 3 rings (SSSR count). The van der Waals surface area contributed by atoms with Crippen LogP contribution in [0.5, 0.6) is 5.75 Å². The summed E-state index contributed by atoms with van der Waals surface area (Å²) in [5.74, 6) is 0.664. The molecule has 1 atom stereocenters. The lowest BCUT2D eigenvalue weighted by Crippen LogP contribution is -2.49. The van der Waals surface area contributed by atoms with Crippen LogP contribution in [0.1, 0.15) is 31.2 Å². The summed E-state index contributed by atoms with van der Waals surface area (Å²) in [5, 5.41) is 3.00. The molecule has 1 aromatic rings. The van der Waals surface area contributed by atoms with Crippen LogP contribution in [0.15, 0.2) is 24.3 Å². The van der Waals surface area contributed by atoms with E-state index >= 15 is 0 Å². The molecular weight excluding hydrogens is 318 g/mol. The molecule has 3 amide bonds. The molecule has 2 saturated heterocycles. The van der Waals surface area contributed by atoms with Crippen LogP contribution in [0.3, 0.4) is 0 Å². The molecule has 2 heterocycles. The van der Waals surface area contributed by atoms with Crippen molar-refractivity contribution >= 4 is 11.9 Å². The number of likely N-dealkylation sites (tertiary alicyclic amines) is 2. The second-order valence-electron chi connectivity index (χ2n) is 6.79. The number of carbonyl (C=O) groups excluding carboxylic acids is 2. The number of hydrogen-bond donors (Lipinski definition) is 1. The number of nitrogens with one attached hydrogen (secondary N) is 1. The number of piperidine rings is 1. The van der Waals surface area contributed by atoms with E-state index in [1.54, 1.807) is 7.11 Å². The molecule has 6 heteroatoms. The maximum absolute atomic E-state index is 12.6. The van der Waals surface area contributed by atoms with E-state index in [2.05, 4.69) is 5.32 Å². The van der Waals surface area contributed by atoms with Crippen LogP contribution < -0.4 is 10.1 Å². The van der Waals surface area contributed by atoms with Crippen LogP contribution in [0.4, 0.5) is 4.79 Å². The topological polar surface area (TPSA) is 61.9 Å². The molecular formula is C19H27N3O3. The van der Waals surface area contributed by atoms with Crippen LogP contribution in [0.25, 0.3) is 0 Å². The predicted octanol–water partition coefficient (Wildman–Crippen LogP) is 2.24. The predicted molar refractivity (Wildman–Crippen MR) is 95.3 cm³/mol. The molecule has 1 unspecified atom stereocenters. The second-order valence-corrected chi connectivity index (χ2v) is 6.79. The molecule has 25 heavy (non-hydrogen) atoms. The number of urea groups is 1. The molecule has 1 aromatic carbocycles. The van der Waals surface area contributed by atoms with Gasteiger partial charge in [-0.25, -0.2) is 4.79 Å². The van der Waals surface area contributed by atoms with E-state index in [-0.39, 0.29) is 17.9 Å². The van der Waals surface area contributed by atoms with Crippen molar-refractivity contribution in [2.24, 2.45) is 5.92 Å². The van der Waals surface area contributed by atoms with Gasteiger partial charge in [-0.05, 0) is 31.7 Å². The fourth-order valence-electron chi connectivity index (χ4n) is 3.65. The first kappa shape index (κ1) is 17.6. The highest BCUT2D eigenvalue weighted by Crippen LogP contribution is 2.21. The number of carbonyl (C=O) groups is 2. The molecule has 0 spiro atoms. The highest BCUT2D eigenvalue weighted by atomic mass is 16.5. The first-order chi connectivity index (χ1) is 12.2. The molecule has 0 saturated carbocycles. The van der Waals surface area contributed by atoms with Crippen LogP contribution in [-0.4, -0.2) is 55.0 Å². The third kappa shape index (κ3) is 4.24. The summed E-state index contributed by atoms with van der Waals surface area (Å²) < 4.78 is 5.32. The van der Waals surface area contributed by atoms with Gasteiger partial charge >= 0.3 is 6.03 Å². The van der Waals surface area contributed by atoms with Gasteiger partial charge in [-0.3, -0.25) is 4.79 Å². The largest absolute Gasteiger partial charge is 0.496 e. The summed E-state index contributed by atoms with van der Waals surface area (Å²) in [6.07, 6.45) is 3.89. The van der Waals surface area contributed by atoms with Crippen molar-refractivity contribution in [1.82, 2.24) is 15.1 Å². The summed E-state index contributed by atoms with van der Waals surface area (Å²) in [6.45, 7) is 3.41. The number of para-hydroxylation sites is 1. The zero-order valence-electron chi connectivity index (χ0n) is 14.9. The van der Waals surface area contributed by atoms with E-state index < -0.39 is 0 Å². The summed E-state index contributed by atoms with van der Waals surface area (Å²) in [7, 11) is 1.63. The Hall–Kier alpha value is -2.24.